The highest BCUT2D eigenvalue weighted by atomic mass is 31.2. The van der Waals surface area contributed by atoms with Crippen molar-refractivity contribution < 1.29 is 8.99 Å². The van der Waals surface area contributed by atoms with E-state index in [1.165, 1.54) is 10.4 Å². The second-order valence-corrected chi connectivity index (χ2v) is 19.1. The molecule has 5 rings (SSSR count). The number of hydrogen-bond acceptors (Lipinski definition) is 2. The Morgan fingerprint density at radius 2 is 1.07 bits per heavy atom. The van der Waals surface area contributed by atoms with Gasteiger partial charge in [-0.15, -0.1) is 0 Å². The molecule has 44 heavy (non-hydrogen) atoms. The average molecular weight is 616 g/mol. The molecule has 0 saturated heterocycles. The molecule has 0 aliphatic carbocycles. The Kier molecular flexibility index (Phi) is 9.98. The Morgan fingerprint density at radius 3 is 1.48 bits per heavy atom. The fourth-order valence-electron chi connectivity index (χ4n) is 5.95. The van der Waals surface area contributed by atoms with E-state index in [1.54, 1.807) is 0 Å². The third-order valence-corrected chi connectivity index (χ3v) is 15.8. The summed E-state index contributed by atoms with van der Waals surface area (Å²) in [5.74, 6) is 0. The quantitative estimate of drug-likeness (QED) is 0.0938. The zero-order valence-electron chi connectivity index (χ0n) is 26.1. The van der Waals surface area contributed by atoms with Gasteiger partial charge in [0.25, 0.3) is 8.32 Å². The van der Waals surface area contributed by atoms with E-state index in [1.807, 2.05) is 78.9 Å². The summed E-state index contributed by atoms with van der Waals surface area (Å²) in [5, 5.41) is 7.58. The molecular formula is C39H42NO2PSi. The monoisotopic (exact) mass is 615 g/mol. The Labute approximate surface area is 264 Å². The van der Waals surface area contributed by atoms with Crippen LogP contribution in [0.15, 0.2) is 163 Å². The van der Waals surface area contributed by atoms with Crippen molar-refractivity contribution in [2.24, 2.45) is 0 Å². The van der Waals surface area contributed by atoms with Gasteiger partial charge in [0.15, 0.2) is 0 Å². The van der Waals surface area contributed by atoms with Crippen LogP contribution in [0.1, 0.15) is 39.3 Å². The van der Waals surface area contributed by atoms with Gasteiger partial charge in [-0.05, 0) is 52.2 Å². The molecule has 0 aromatic heterocycles. The predicted octanol–water partition coefficient (Wildman–Crippen LogP) is 7.77. The zero-order valence-corrected chi connectivity index (χ0v) is 28.0. The first-order valence-corrected chi connectivity index (χ1v) is 18.8. The van der Waals surface area contributed by atoms with Gasteiger partial charge < -0.3 is 4.43 Å². The lowest BCUT2D eigenvalue weighted by Gasteiger charge is -2.43. The van der Waals surface area contributed by atoms with Crippen LogP contribution in [0.4, 0.5) is 0 Å². The first-order chi connectivity index (χ1) is 21.2. The minimum atomic E-state index is -3.20. The first-order valence-electron chi connectivity index (χ1n) is 15.2. The molecule has 1 atom stereocenters. The number of nitrogens with one attached hydrogen (secondary N) is 1. The first kappa shape index (κ1) is 31.6. The van der Waals surface area contributed by atoms with Crippen molar-refractivity contribution in [2.75, 3.05) is 6.61 Å². The number of benzene rings is 5. The topological polar surface area (TPSA) is 38.3 Å². The molecule has 0 spiro atoms. The van der Waals surface area contributed by atoms with E-state index < -0.39 is 15.6 Å². The van der Waals surface area contributed by atoms with Gasteiger partial charge in [0.2, 0.25) is 7.29 Å². The van der Waals surface area contributed by atoms with Crippen LogP contribution >= 0.6 is 7.29 Å². The fourth-order valence-corrected chi connectivity index (χ4v) is 12.9. The molecule has 0 aliphatic rings. The highest BCUT2D eigenvalue weighted by molar-refractivity contribution is 7.76. The van der Waals surface area contributed by atoms with E-state index in [0.29, 0.717) is 6.61 Å². The predicted molar refractivity (Wildman–Crippen MR) is 189 cm³/mol. The van der Waals surface area contributed by atoms with Crippen molar-refractivity contribution in [1.29, 1.82) is 0 Å². The van der Waals surface area contributed by atoms with Gasteiger partial charge in [-0.1, -0.05) is 160 Å². The van der Waals surface area contributed by atoms with Crippen LogP contribution < -0.4 is 26.1 Å². The lowest BCUT2D eigenvalue weighted by molar-refractivity contribution is 0.329. The molecule has 0 saturated carbocycles. The lowest BCUT2D eigenvalue weighted by atomic mass is 10.1. The molecule has 5 aromatic rings. The Morgan fingerprint density at radius 1 is 0.682 bits per heavy atom. The van der Waals surface area contributed by atoms with E-state index in [-0.39, 0.29) is 11.1 Å². The molecule has 0 fully saturated rings. The average Bonchev–Trinajstić information content (AvgIpc) is 3.06. The minimum Gasteiger partial charge on any atom is -0.403 e. The van der Waals surface area contributed by atoms with Gasteiger partial charge >= 0.3 is 0 Å². The van der Waals surface area contributed by atoms with Crippen LogP contribution in [0.5, 0.6) is 0 Å². The molecule has 0 radical (unpaired) electrons. The molecule has 5 aromatic carbocycles. The van der Waals surface area contributed by atoms with Crippen molar-refractivity contribution >= 4 is 36.6 Å². The zero-order chi connectivity index (χ0) is 31.0. The minimum absolute atomic E-state index is 0.122. The molecule has 0 heterocycles. The van der Waals surface area contributed by atoms with E-state index in [0.717, 1.165) is 21.7 Å². The third kappa shape index (κ3) is 6.80. The van der Waals surface area contributed by atoms with Crippen molar-refractivity contribution in [3.05, 3.63) is 169 Å². The molecule has 224 valence electrons. The van der Waals surface area contributed by atoms with Crippen LogP contribution in [0, 0.1) is 0 Å². The van der Waals surface area contributed by atoms with Gasteiger partial charge in [0, 0.05) is 10.6 Å². The summed E-state index contributed by atoms with van der Waals surface area (Å²) in [7, 11) is -5.91. The third-order valence-electron chi connectivity index (χ3n) is 8.10. The van der Waals surface area contributed by atoms with Gasteiger partial charge in [0.1, 0.15) is 0 Å². The van der Waals surface area contributed by atoms with Crippen molar-refractivity contribution in [3.8, 4) is 0 Å². The van der Waals surface area contributed by atoms with Crippen LogP contribution in [-0.4, -0.2) is 14.9 Å². The molecule has 1 N–H and O–H groups in total. The van der Waals surface area contributed by atoms with E-state index >= 15 is 4.57 Å². The smallest absolute Gasteiger partial charge is 0.261 e. The van der Waals surface area contributed by atoms with Crippen LogP contribution in [0.25, 0.3) is 0 Å². The molecule has 1 unspecified atom stereocenters. The maximum absolute atomic E-state index is 15.0. The van der Waals surface area contributed by atoms with Gasteiger partial charge in [-0.3, -0.25) is 4.57 Å². The molecule has 5 heteroatoms. The van der Waals surface area contributed by atoms with Crippen molar-refractivity contribution in [3.63, 3.8) is 0 Å². The summed E-state index contributed by atoms with van der Waals surface area (Å²) >= 11 is 0. The summed E-state index contributed by atoms with van der Waals surface area (Å²) in [6, 6.07) is 50.9. The summed E-state index contributed by atoms with van der Waals surface area (Å²) in [6.45, 7) is 9.46. The Hall–Kier alpha value is -3.79. The summed E-state index contributed by atoms with van der Waals surface area (Å²) < 4.78 is 22.3. The van der Waals surface area contributed by atoms with Gasteiger partial charge in [-0.2, -0.15) is 0 Å². The molecule has 0 aliphatic heterocycles. The summed E-state index contributed by atoms with van der Waals surface area (Å²) in [6.07, 6.45) is 2.19. The van der Waals surface area contributed by atoms with Crippen molar-refractivity contribution in [1.82, 2.24) is 5.09 Å². The van der Waals surface area contributed by atoms with Gasteiger partial charge in [0.05, 0.1) is 12.6 Å². The molecule has 0 bridgehead atoms. The van der Waals surface area contributed by atoms with E-state index in [9.17, 15) is 0 Å². The van der Waals surface area contributed by atoms with Crippen LogP contribution in [0.3, 0.4) is 0 Å². The maximum Gasteiger partial charge on any atom is 0.261 e. The molecular weight excluding hydrogens is 573 g/mol. The lowest BCUT2D eigenvalue weighted by Crippen LogP contribution is -2.66. The number of rotatable bonds is 11. The Bertz CT molecular complexity index is 1600. The highest BCUT2D eigenvalue weighted by Gasteiger charge is 2.50. The standard InChI is InChI=1S/C39H42NO2PSi/c1-32(31-42-44(39(2,3)4,36-26-16-8-17-27-36)37-28-18-9-19-29-37)30-38(33-20-10-5-11-21-33)40-43(41,34-22-12-6-13-23-34)35-24-14-7-15-25-35/h5-30,38H,31H2,1-4H3,(H,40,41). The number of hydrogen-bond donors (Lipinski definition) is 1. The van der Waals surface area contributed by atoms with E-state index in [2.05, 4.69) is 112 Å². The Balaban J connectivity index is 1.55. The molecule has 3 nitrogen and oxygen atoms in total. The summed E-state index contributed by atoms with van der Waals surface area (Å²) in [4.78, 5) is 0. The second-order valence-electron chi connectivity index (χ2n) is 12.3. The van der Waals surface area contributed by atoms with Gasteiger partial charge in [-0.25, -0.2) is 5.09 Å². The second kappa shape index (κ2) is 13.9. The maximum atomic E-state index is 15.0. The molecule has 0 amide bonds. The highest BCUT2D eigenvalue weighted by Crippen LogP contribution is 2.42. The fraction of sp³-hybridized carbons (Fsp3) is 0.179. The van der Waals surface area contributed by atoms with Crippen LogP contribution in [0.2, 0.25) is 5.04 Å². The van der Waals surface area contributed by atoms with Crippen molar-refractivity contribution in [2.45, 2.75) is 38.8 Å². The largest absolute Gasteiger partial charge is 0.403 e. The van der Waals surface area contributed by atoms with E-state index in [4.69, 9.17) is 4.43 Å². The SMILES string of the molecule is CC(=CC(NP(=O)(c1ccccc1)c1ccccc1)c1ccccc1)CO[Si](c1ccccc1)(c1ccccc1)C(C)(C)C. The van der Waals surface area contributed by atoms with Crippen LogP contribution in [-0.2, 0) is 8.99 Å². The summed E-state index contributed by atoms with van der Waals surface area (Å²) in [5.41, 5.74) is 2.12. The normalized spacial score (nSPS) is 13.4.